The van der Waals surface area contributed by atoms with Gasteiger partial charge >= 0.3 is 5.97 Å². The van der Waals surface area contributed by atoms with Crippen LogP contribution in [0.4, 0.5) is 11.4 Å². The maximum Gasteiger partial charge on any atom is 0.356 e. The normalized spacial score (nSPS) is 9.83. The van der Waals surface area contributed by atoms with Crippen LogP contribution in [0.5, 0.6) is 0 Å². The Morgan fingerprint density at radius 2 is 2.00 bits per heavy atom. The van der Waals surface area contributed by atoms with Crippen molar-refractivity contribution < 1.29 is 9.53 Å². The van der Waals surface area contributed by atoms with Gasteiger partial charge in [-0.15, -0.1) is 0 Å². The van der Waals surface area contributed by atoms with Crippen LogP contribution in [0.15, 0.2) is 48.7 Å². The van der Waals surface area contributed by atoms with Crippen molar-refractivity contribution in [2.24, 2.45) is 0 Å². The van der Waals surface area contributed by atoms with Gasteiger partial charge in [-0.2, -0.15) is 0 Å². The van der Waals surface area contributed by atoms with Crippen molar-refractivity contribution >= 4 is 17.3 Å². The van der Waals surface area contributed by atoms with Crippen LogP contribution in [0.3, 0.4) is 0 Å². The number of hydrogen-bond donors (Lipinski definition) is 1. The van der Waals surface area contributed by atoms with Gasteiger partial charge < -0.3 is 10.1 Å². The SMILES string of the molecule is CCOC(=O)c1cc(Nc2ccccc2)ccn1. The van der Waals surface area contributed by atoms with Gasteiger partial charge in [0.25, 0.3) is 0 Å². The minimum atomic E-state index is -0.408. The minimum absolute atomic E-state index is 0.304. The Hall–Kier alpha value is -2.36. The lowest BCUT2D eigenvalue weighted by Crippen LogP contribution is -2.07. The van der Waals surface area contributed by atoms with Crippen LogP contribution in [0, 0.1) is 0 Å². The predicted octanol–water partition coefficient (Wildman–Crippen LogP) is 3.00. The molecule has 18 heavy (non-hydrogen) atoms. The van der Waals surface area contributed by atoms with Crippen LogP contribution >= 0.6 is 0 Å². The van der Waals surface area contributed by atoms with Crippen molar-refractivity contribution in [2.75, 3.05) is 11.9 Å². The first-order chi connectivity index (χ1) is 8.79. The summed E-state index contributed by atoms with van der Waals surface area (Å²) in [6.07, 6.45) is 1.58. The molecule has 0 fully saturated rings. The molecule has 0 saturated carbocycles. The van der Waals surface area contributed by atoms with Crippen molar-refractivity contribution in [1.29, 1.82) is 0 Å². The van der Waals surface area contributed by atoms with Crippen LogP contribution in [-0.4, -0.2) is 17.6 Å². The van der Waals surface area contributed by atoms with E-state index in [0.29, 0.717) is 12.3 Å². The van der Waals surface area contributed by atoms with E-state index in [1.807, 2.05) is 30.3 Å². The number of carbonyl (C=O) groups is 1. The highest BCUT2D eigenvalue weighted by Gasteiger charge is 2.08. The van der Waals surface area contributed by atoms with E-state index in [4.69, 9.17) is 4.74 Å². The van der Waals surface area contributed by atoms with E-state index in [9.17, 15) is 4.79 Å². The third-order valence-electron chi connectivity index (χ3n) is 2.31. The molecule has 0 aliphatic heterocycles. The first-order valence-electron chi connectivity index (χ1n) is 5.75. The van der Waals surface area contributed by atoms with Gasteiger partial charge in [0.1, 0.15) is 5.69 Å². The average Bonchev–Trinajstić information content (AvgIpc) is 2.40. The predicted molar refractivity (Wildman–Crippen MR) is 69.9 cm³/mol. The molecule has 1 heterocycles. The van der Waals surface area contributed by atoms with Crippen LogP contribution in [0.1, 0.15) is 17.4 Å². The fourth-order valence-electron chi connectivity index (χ4n) is 1.51. The van der Waals surface area contributed by atoms with Crippen LogP contribution in [-0.2, 0) is 4.74 Å². The van der Waals surface area contributed by atoms with Crippen LogP contribution < -0.4 is 5.32 Å². The Morgan fingerprint density at radius 1 is 1.22 bits per heavy atom. The molecule has 92 valence electrons. The molecule has 1 aromatic heterocycles. The topological polar surface area (TPSA) is 51.2 Å². The summed E-state index contributed by atoms with van der Waals surface area (Å²) < 4.78 is 4.90. The molecule has 0 bridgehead atoms. The quantitative estimate of drug-likeness (QED) is 0.837. The maximum absolute atomic E-state index is 11.5. The second kappa shape index (κ2) is 5.82. The lowest BCUT2D eigenvalue weighted by molar-refractivity contribution is 0.0519. The Morgan fingerprint density at radius 3 is 2.72 bits per heavy atom. The fourth-order valence-corrected chi connectivity index (χ4v) is 1.51. The molecule has 0 aliphatic carbocycles. The van der Waals surface area contributed by atoms with Crippen molar-refractivity contribution in [1.82, 2.24) is 4.98 Å². The number of carbonyl (C=O) groups excluding carboxylic acids is 1. The number of esters is 1. The molecule has 0 amide bonds. The number of aromatic nitrogens is 1. The van der Waals surface area contributed by atoms with Gasteiger partial charge in [0.15, 0.2) is 0 Å². The molecule has 1 aromatic carbocycles. The molecule has 1 N–H and O–H groups in total. The Kier molecular flexibility index (Phi) is 3.91. The number of para-hydroxylation sites is 1. The summed E-state index contributed by atoms with van der Waals surface area (Å²) in [6, 6.07) is 13.2. The number of nitrogens with one attached hydrogen (secondary N) is 1. The largest absolute Gasteiger partial charge is 0.461 e. The highest BCUT2D eigenvalue weighted by Crippen LogP contribution is 2.16. The summed E-state index contributed by atoms with van der Waals surface area (Å²) in [4.78, 5) is 15.5. The molecule has 0 aliphatic rings. The zero-order valence-corrected chi connectivity index (χ0v) is 10.1. The Bertz CT molecular complexity index is 526. The molecule has 2 aromatic rings. The van der Waals surface area contributed by atoms with Gasteiger partial charge in [0, 0.05) is 17.6 Å². The van der Waals surface area contributed by atoms with Gasteiger partial charge in [-0.1, -0.05) is 18.2 Å². The van der Waals surface area contributed by atoms with Crippen molar-refractivity contribution in [3.05, 3.63) is 54.4 Å². The summed E-state index contributed by atoms with van der Waals surface area (Å²) in [5.74, 6) is -0.408. The maximum atomic E-state index is 11.5. The highest BCUT2D eigenvalue weighted by atomic mass is 16.5. The van der Waals surface area contributed by atoms with E-state index in [-0.39, 0.29) is 0 Å². The molecular formula is C14H14N2O2. The third-order valence-corrected chi connectivity index (χ3v) is 2.31. The van der Waals surface area contributed by atoms with E-state index < -0.39 is 5.97 Å². The number of nitrogens with zero attached hydrogens (tertiary/aromatic N) is 1. The highest BCUT2D eigenvalue weighted by molar-refractivity contribution is 5.88. The second-order valence-electron chi connectivity index (χ2n) is 3.64. The van der Waals surface area contributed by atoms with Gasteiger partial charge in [-0.25, -0.2) is 9.78 Å². The van der Waals surface area contributed by atoms with Crippen LogP contribution in [0.25, 0.3) is 0 Å². The monoisotopic (exact) mass is 242 g/mol. The summed E-state index contributed by atoms with van der Waals surface area (Å²) in [7, 11) is 0. The van der Waals surface area contributed by atoms with Gasteiger partial charge in [0.05, 0.1) is 6.61 Å². The average molecular weight is 242 g/mol. The third kappa shape index (κ3) is 3.07. The number of benzene rings is 1. The fraction of sp³-hybridized carbons (Fsp3) is 0.143. The summed E-state index contributed by atoms with van der Waals surface area (Å²) in [6.45, 7) is 2.11. The molecule has 0 unspecified atom stereocenters. The zero-order chi connectivity index (χ0) is 12.8. The number of anilines is 2. The molecule has 0 saturated heterocycles. The molecule has 4 heteroatoms. The standard InChI is InChI=1S/C14H14N2O2/c1-2-18-14(17)13-10-12(8-9-15-13)16-11-6-4-3-5-7-11/h3-10H,2H2,1H3,(H,15,16). The minimum Gasteiger partial charge on any atom is -0.461 e. The smallest absolute Gasteiger partial charge is 0.356 e. The van der Waals surface area contributed by atoms with Crippen LogP contribution in [0.2, 0.25) is 0 Å². The van der Waals surface area contributed by atoms with Crippen molar-refractivity contribution in [3.8, 4) is 0 Å². The Balaban J connectivity index is 2.15. The van der Waals surface area contributed by atoms with E-state index in [0.717, 1.165) is 11.4 Å². The molecule has 2 rings (SSSR count). The van der Waals surface area contributed by atoms with Gasteiger partial charge in [0.2, 0.25) is 0 Å². The number of ether oxygens (including phenoxy) is 1. The van der Waals surface area contributed by atoms with E-state index in [1.54, 1.807) is 25.3 Å². The molecule has 4 nitrogen and oxygen atoms in total. The zero-order valence-electron chi connectivity index (χ0n) is 10.1. The van der Waals surface area contributed by atoms with E-state index in [1.165, 1.54) is 0 Å². The van der Waals surface area contributed by atoms with E-state index in [2.05, 4.69) is 10.3 Å². The summed E-state index contributed by atoms with van der Waals surface area (Å²) in [5.41, 5.74) is 2.07. The first-order valence-corrected chi connectivity index (χ1v) is 5.75. The van der Waals surface area contributed by atoms with Gasteiger partial charge in [-0.05, 0) is 31.2 Å². The second-order valence-corrected chi connectivity index (χ2v) is 3.64. The number of pyridine rings is 1. The van der Waals surface area contributed by atoms with Crippen molar-refractivity contribution in [2.45, 2.75) is 6.92 Å². The lowest BCUT2D eigenvalue weighted by atomic mass is 10.2. The van der Waals surface area contributed by atoms with E-state index >= 15 is 0 Å². The molecule has 0 radical (unpaired) electrons. The first kappa shape index (κ1) is 12.1. The Labute approximate surface area is 106 Å². The lowest BCUT2D eigenvalue weighted by Gasteiger charge is -2.07. The molecule has 0 atom stereocenters. The molecular weight excluding hydrogens is 228 g/mol. The molecule has 0 spiro atoms. The van der Waals surface area contributed by atoms with Gasteiger partial charge in [-0.3, -0.25) is 0 Å². The number of hydrogen-bond acceptors (Lipinski definition) is 4. The number of rotatable bonds is 4. The summed E-state index contributed by atoms with van der Waals surface area (Å²) in [5, 5.41) is 3.19. The van der Waals surface area contributed by atoms with Crippen molar-refractivity contribution in [3.63, 3.8) is 0 Å². The summed E-state index contributed by atoms with van der Waals surface area (Å²) >= 11 is 0.